The van der Waals surface area contributed by atoms with Gasteiger partial charge in [-0.05, 0) is 37.8 Å². The van der Waals surface area contributed by atoms with E-state index in [0.717, 1.165) is 37.9 Å². The van der Waals surface area contributed by atoms with Crippen LogP contribution in [0.5, 0.6) is 0 Å². The fraction of sp³-hybridized carbons (Fsp3) is 0.600. The summed E-state index contributed by atoms with van der Waals surface area (Å²) in [6.07, 6.45) is 3.56. The second-order valence-electron chi connectivity index (χ2n) is 7.22. The van der Waals surface area contributed by atoms with Gasteiger partial charge in [-0.25, -0.2) is 9.59 Å². The molecule has 3 rings (SSSR count). The van der Waals surface area contributed by atoms with Gasteiger partial charge in [0.15, 0.2) is 5.54 Å². The van der Waals surface area contributed by atoms with Gasteiger partial charge in [-0.1, -0.05) is 43.7 Å². The highest BCUT2D eigenvalue weighted by molar-refractivity contribution is 5.86. The average molecular weight is 360 g/mol. The number of carboxylic acids is 1. The van der Waals surface area contributed by atoms with Crippen molar-refractivity contribution in [2.75, 3.05) is 19.6 Å². The Morgan fingerprint density at radius 3 is 2.73 bits per heavy atom. The third kappa shape index (κ3) is 3.43. The molecular formula is C20H28N2O4. The zero-order valence-electron chi connectivity index (χ0n) is 15.4. The van der Waals surface area contributed by atoms with E-state index in [9.17, 15) is 14.7 Å². The summed E-state index contributed by atoms with van der Waals surface area (Å²) >= 11 is 0. The highest BCUT2D eigenvalue weighted by Gasteiger charge is 2.58. The average Bonchev–Trinajstić information content (AvgIpc) is 3.05. The molecule has 1 aromatic rings. The molecule has 0 saturated carbocycles. The van der Waals surface area contributed by atoms with Gasteiger partial charge < -0.3 is 9.84 Å². The molecule has 1 aromatic carbocycles. The maximum atomic E-state index is 12.9. The van der Waals surface area contributed by atoms with E-state index in [4.69, 9.17) is 4.74 Å². The van der Waals surface area contributed by atoms with Crippen molar-refractivity contribution in [1.29, 1.82) is 0 Å². The van der Waals surface area contributed by atoms with Crippen molar-refractivity contribution in [1.82, 2.24) is 9.80 Å². The van der Waals surface area contributed by atoms with Gasteiger partial charge in [0.25, 0.3) is 0 Å². The fourth-order valence-electron chi connectivity index (χ4n) is 4.43. The highest BCUT2D eigenvalue weighted by atomic mass is 16.6. The molecule has 6 nitrogen and oxygen atoms in total. The van der Waals surface area contributed by atoms with Crippen molar-refractivity contribution in [3.63, 3.8) is 0 Å². The Morgan fingerprint density at radius 2 is 2.04 bits per heavy atom. The van der Waals surface area contributed by atoms with Crippen LogP contribution in [0.1, 0.15) is 44.6 Å². The van der Waals surface area contributed by atoms with Crippen LogP contribution in [0.4, 0.5) is 4.79 Å². The summed E-state index contributed by atoms with van der Waals surface area (Å²) in [6, 6.07) is 9.35. The lowest BCUT2D eigenvalue weighted by atomic mass is 9.83. The van der Waals surface area contributed by atoms with Crippen molar-refractivity contribution in [3.8, 4) is 0 Å². The van der Waals surface area contributed by atoms with Gasteiger partial charge in [0.05, 0.1) is 0 Å². The molecule has 142 valence electrons. The largest absolute Gasteiger partial charge is 0.479 e. The fourth-order valence-corrected chi connectivity index (χ4v) is 4.43. The van der Waals surface area contributed by atoms with E-state index in [1.807, 2.05) is 37.3 Å². The minimum Gasteiger partial charge on any atom is -0.479 e. The Balaban J connectivity index is 1.81. The predicted molar refractivity (Wildman–Crippen MR) is 97.8 cm³/mol. The number of nitrogens with zero attached hydrogens (tertiary/aromatic N) is 2. The minimum atomic E-state index is -1.18. The summed E-state index contributed by atoms with van der Waals surface area (Å²) in [5.41, 5.74) is -0.281. The number of carbonyl (C=O) groups excluding carboxylic acids is 1. The number of hydrogen-bond acceptors (Lipinski definition) is 4. The van der Waals surface area contributed by atoms with Gasteiger partial charge in [0.1, 0.15) is 6.61 Å². The monoisotopic (exact) mass is 360 g/mol. The molecule has 2 heterocycles. The van der Waals surface area contributed by atoms with Crippen LogP contribution in [0.15, 0.2) is 30.3 Å². The van der Waals surface area contributed by atoms with E-state index in [1.54, 1.807) is 0 Å². The molecule has 2 unspecified atom stereocenters. The molecule has 26 heavy (non-hydrogen) atoms. The van der Waals surface area contributed by atoms with E-state index < -0.39 is 17.6 Å². The first-order valence-electron chi connectivity index (χ1n) is 9.55. The highest BCUT2D eigenvalue weighted by Crippen LogP contribution is 2.40. The Bertz CT molecular complexity index is 636. The first kappa shape index (κ1) is 18.7. The van der Waals surface area contributed by atoms with Crippen molar-refractivity contribution in [2.45, 2.75) is 57.2 Å². The van der Waals surface area contributed by atoms with Gasteiger partial charge in [-0.2, -0.15) is 0 Å². The molecule has 0 bridgehead atoms. The molecule has 1 N–H and O–H groups in total. The van der Waals surface area contributed by atoms with E-state index in [1.165, 1.54) is 4.90 Å². The normalized spacial score (nSPS) is 25.5. The zero-order valence-corrected chi connectivity index (χ0v) is 15.4. The molecule has 2 saturated heterocycles. The zero-order chi connectivity index (χ0) is 18.6. The Kier molecular flexibility index (Phi) is 5.81. The summed E-state index contributed by atoms with van der Waals surface area (Å²) in [6.45, 7) is 4.15. The number of ether oxygens (including phenoxy) is 1. The number of aliphatic carboxylic acids is 1. The lowest BCUT2D eigenvalue weighted by Crippen LogP contribution is -2.64. The van der Waals surface area contributed by atoms with Crippen molar-refractivity contribution >= 4 is 12.1 Å². The summed E-state index contributed by atoms with van der Waals surface area (Å²) in [4.78, 5) is 29.0. The third-order valence-electron chi connectivity index (χ3n) is 5.67. The maximum absolute atomic E-state index is 12.9. The quantitative estimate of drug-likeness (QED) is 0.844. The molecule has 2 aliphatic rings. The minimum absolute atomic E-state index is 0.121. The number of fused-ring (bicyclic) bond motifs is 1. The molecule has 2 aliphatic heterocycles. The molecule has 6 heteroatoms. The number of rotatable bonds is 6. The maximum Gasteiger partial charge on any atom is 0.411 e. The summed E-state index contributed by atoms with van der Waals surface area (Å²) in [5, 5.41) is 10.2. The van der Waals surface area contributed by atoms with Gasteiger partial charge in [0, 0.05) is 19.1 Å². The van der Waals surface area contributed by atoms with Crippen molar-refractivity contribution < 1.29 is 19.4 Å². The van der Waals surface area contributed by atoms with E-state index in [-0.39, 0.29) is 12.6 Å². The van der Waals surface area contributed by atoms with Gasteiger partial charge in [0.2, 0.25) is 0 Å². The number of benzene rings is 1. The number of carboxylic acid groups (broad SMARTS) is 1. The summed E-state index contributed by atoms with van der Waals surface area (Å²) in [5.74, 6) is -0.906. The number of piperidine rings is 1. The Hall–Kier alpha value is -2.08. The van der Waals surface area contributed by atoms with Crippen molar-refractivity contribution in [3.05, 3.63) is 35.9 Å². The van der Waals surface area contributed by atoms with E-state index >= 15 is 0 Å². The van der Waals surface area contributed by atoms with Gasteiger partial charge >= 0.3 is 12.1 Å². The summed E-state index contributed by atoms with van der Waals surface area (Å²) < 4.78 is 5.52. The first-order chi connectivity index (χ1) is 12.6. The Labute approximate surface area is 154 Å². The second kappa shape index (κ2) is 8.08. The van der Waals surface area contributed by atoms with Crippen LogP contribution in [0.3, 0.4) is 0 Å². The van der Waals surface area contributed by atoms with Crippen LogP contribution >= 0.6 is 0 Å². The number of carbonyl (C=O) groups is 2. The SMILES string of the molecule is CCCN(C(=O)OCc1ccccc1)C1(C(=O)O)CCN2CCCCC21. The van der Waals surface area contributed by atoms with Crippen molar-refractivity contribution in [2.24, 2.45) is 0 Å². The third-order valence-corrected chi connectivity index (χ3v) is 5.67. The van der Waals surface area contributed by atoms with Gasteiger partial charge in [-0.3, -0.25) is 9.80 Å². The summed E-state index contributed by atoms with van der Waals surface area (Å²) in [7, 11) is 0. The number of amides is 1. The van der Waals surface area contributed by atoms with Crippen LogP contribution in [0.25, 0.3) is 0 Å². The Morgan fingerprint density at radius 1 is 1.27 bits per heavy atom. The van der Waals surface area contributed by atoms with Gasteiger partial charge in [-0.15, -0.1) is 0 Å². The standard InChI is InChI=1S/C20H28N2O4/c1-2-12-22(19(25)26-15-16-8-4-3-5-9-16)20(18(23)24)11-14-21-13-7-6-10-17(20)21/h3-5,8-9,17H,2,6-7,10-15H2,1H3,(H,23,24). The lowest BCUT2D eigenvalue weighted by Gasteiger charge is -2.44. The van der Waals surface area contributed by atoms with Crippen LogP contribution in [0, 0.1) is 0 Å². The first-order valence-corrected chi connectivity index (χ1v) is 9.55. The van der Waals surface area contributed by atoms with E-state index in [2.05, 4.69) is 4.90 Å². The van der Waals surface area contributed by atoms with Crippen LogP contribution in [-0.4, -0.2) is 58.2 Å². The molecule has 1 amide bonds. The van der Waals surface area contributed by atoms with Crippen LogP contribution < -0.4 is 0 Å². The molecular weight excluding hydrogens is 332 g/mol. The second-order valence-corrected chi connectivity index (χ2v) is 7.22. The molecule has 0 spiro atoms. The molecule has 0 aromatic heterocycles. The van der Waals surface area contributed by atoms with E-state index in [0.29, 0.717) is 19.4 Å². The lowest BCUT2D eigenvalue weighted by molar-refractivity contribution is -0.153. The molecule has 0 radical (unpaired) electrons. The molecule has 2 atom stereocenters. The molecule has 2 fully saturated rings. The smallest absolute Gasteiger partial charge is 0.411 e. The molecule has 0 aliphatic carbocycles. The predicted octanol–water partition coefficient (Wildman–Crippen LogP) is 3.12. The number of hydrogen-bond donors (Lipinski definition) is 1. The van der Waals surface area contributed by atoms with Crippen LogP contribution in [-0.2, 0) is 16.1 Å². The van der Waals surface area contributed by atoms with Crippen LogP contribution in [0.2, 0.25) is 0 Å². The topological polar surface area (TPSA) is 70.1 Å².